The average molecular weight is 423 g/mol. The molecule has 0 saturated carbocycles. The number of benzene rings is 2. The predicted molar refractivity (Wildman–Crippen MR) is 116 cm³/mol. The Morgan fingerprint density at radius 2 is 1.84 bits per heavy atom. The Labute approximate surface area is 180 Å². The predicted octanol–water partition coefficient (Wildman–Crippen LogP) is 2.44. The average Bonchev–Trinajstić information content (AvgIpc) is 2.72. The van der Waals surface area contributed by atoms with Crippen molar-refractivity contribution < 1.29 is 24.3 Å². The van der Waals surface area contributed by atoms with Crippen LogP contribution in [0.3, 0.4) is 0 Å². The second-order valence-corrected chi connectivity index (χ2v) is 7.91. The van der Waals surface area contributed by atoms with Gasteiger partial charge in [0, 0.05) is 18.4 Å². The highest BCUT2D eigenvalue weighted by Crippen LogP contribution is 2.31. The van der Waals surface area contributed by atoms with E-state index in [0.717, 1.165) is 5.56 Å². The van der Waals surface area contributed by atoms with Gasteiger partial charge in [0.05, 0.1) is 11.4 Å². The van der Waals surface area contributed by atoms with E-state index in [9.17, 15) is 24.3 Å². The standard InChI is InChI=1S/C23H25N3O5/c1-14(2)10-21(28)26-13-20(27)24-17-12-16(8-9-19(17)26)22(29)25-18(23(30)31)11-15-6-4-3-5-7-15/h3-9,12,14,18H,10-11,13H2,1-2H3,(H,24,27)(H,25,29)(H,30,31). The summed E-state index contributed by atoms with van der Waals surface area (Å²) in [7, 11) is 0. The van der Waals surface area contributed by atoms with Crippen LogP contribution in [0.2, 0.25) is 0 Å². The molecule has 0 aromatic heterocycles. The summed E-state index contributed by atoms with van der Waals surface area (Å²) in [5.41, 5.74) is 1.83. The lowest BCUT2D eigenvalue weighted by molar-refractivity contribution is -0.139. The third-order valence-corrected chi connectivity index (χ3v) is 4.90. The number of aliphatic carboxylic acids is 1. The first kappa shape index (κ1) is 22.0. The van der Waals surface area contributed by atoms with Gasteiger partial charge in [-0.15, -0.1) is 0 Å². The molecular weight excluding hydrogens is 398 g/mol. The van der Waals surface area contributed by atoms with E-state index in [1.54, 1.807) is 30.3 Å². The van der Waals surface area contributed by atoms with Crippen LogP contribution in [0.25, 0.3) is 0 Å². The van der Waals surface area contributed by atoms with E-state index in [1.165, 1.54) is 17.0 Å². The van der Waals surface area contributed by atoms with Gasteiger partial charge in [0.15, 0.2) is 0 Å². The zero-order valence-electron chi connectivity index (χ0n) is 17.4. The fourth-order valence-electron chi connectivity index (χ4n) is 3.40. The van der Waals surface area contributed by atoms with Gasteiger partial charge >= 0.3 is 5.97 Å². The van der Waals surface area contributed by atoms with E-state index in [1.807, 2.05) is 19.9 Å². The molecule has 3 rings (SSSR count). The second kappa shape index (κ2) is 9.42. The molecule has 1 atom stereocenters. The molecule has 0 bridgehead atoms. The molecule has 0 saturated heterocycles. The van der Waals surface area contributed by atoms with Gasteiger partial charge in [0.1, 0.15) is 12.6 Å². The Morgan fingerprint density at radius 3 is 2.48 bits per heavy atom. The Balaban J connectivity index is 1.79. The van der Waals surface area contributed by atoms with Crippen molar-refractivity contribution in [3.8, 4) is 0 Å². The van der Waals surface area contributed by atoms with Crippen LogP contribution in [-0.2, 0) is 20.8 Å². The van der Waals surface area contributed by atoms with E-state index in [0.29, 0.717) is 17.8 Å². The number of anilines is 2. The summed E-state index contributed by atoms with van der Waals surface area (Å²) in [5.74, 6) is -2.10. The Bertz CT molecular complexity index is 1000. The van der Waals surface area contributed by atoms with Crippen molar-refractivity contribution in [1.29, 1.82) is 0 Å². The third kappa shape index (κ3) is 5.48. The summed E-state index contributed by atoms with van der Waals surface area (Å²) in [4.78, 5) is 50.4. The summed E-state index contributed by atoms with van der Waals surface area (Å²) >= 11 is 0. The number of carbonyl (C=O) groups excluding carboxylic acids is 3. The molecule has 1 aliphatic rings. The fourth-order valence-corrected chi connectivity index (χ4v) is 3.40. The summed E-state index contributed by atoms with van der Waals surface area (Å²) in [6.45, 7) is 3.76. The molecule has 3 amide bonds. The van der Waals surface area contributed by atoms with Gasteiger partial charge in [0.2, 0.25) is 11.8 Å². The van der Waals surface area contributed by atoms with Crippen molar-refractivity contribution >= 4 is 35.1 Å². The molecule has 0 fully saturated rings. The number of nitrogens with one attached hydrogen (secondary N) is 2. The van der Waals surface area contributed by atoms with Gasteiger partial charge in [0.25, 0.3) is 5.91 Å². The quantitative estimate of drug-likeness (QED) is 0.633. The first-order valence-electron chi connectivity index (χ1n) is 10.1. The molecule has 8 nitrogen and oxygen atoms in total. The molecule has 1 unspecified atom stereocenters. The molecule has 1 heterocycles. The summed E-state index contributed by atoms with van der Waals surface area (Å²) in [6, 6.07) is 12.5. The molecule has 0 aliphatic carbocycles. The largest absolute Gasteiger partial charge is 0.480 e. The molecule has 162 valence electrons. The molecule has 0 spiro atoms. The lowest BCUT2D eigenvalue weighted by atomic mass is 10.0. The van der Waals surface area contributed by atoms with Crippen LogP contribution in [0.5, 0.6) is 0 Å². The number of carboxylic acid groups (broad SMARTS) is 1. The minimum atomic E-state index is -1.14. The van der Waals surface area contributed by atoms with E-state index in [-0.39, 0.29) is 36.3 Å². The van der Waals surface area contributed by atoms with Crippen molar-refractivity contribution in [3.05, 3.63) is 59.7 Å². The van der Waals surface area contributed by atoms with Gasteiger partial charge in [-0.1, -0.05) is 44.2 Å². The Hall–Kier alpha value is -3.68. The lowest BCUT2D eigenvalue weighted by Gasteiger charge is -2.30. The van der Waals surface area contributed by atoms with Gasteiger partial charge in [-0.3, -0.25) is 14.4 Å². The van der Waals surface area contributed by atoms with Gasteiger partial charge < -0.3 is 20.6 Å². The van der Waals surface area contributed by atoms with E-state index < -0.39 is 17.9 Å². The number of hydrogen-bond donors (Lipinski definition) is 3. The Morgan fingerprint density at radius 1 is 1.13 bits per heavy atom. The maximum absolute atomic E-state index is 12.7. The highest BCUT2D eigenvalue weighted by atomic mass is 16.4. The summed E-state index contributed by atoms with van der Waals surface area (Å²) in [5, 5.41) is 14.7. The number of fused-ring (bicyclic) bond motifs is 1. The van der Waals surface area contributed by atoms with Crippen molar-refractivity contribution in [2.45, 2.75) is 32.7 Å². The van der Waals surface area contributed by atoms with Crippen LogP contribution in [0.15, 0.2) is 48.5 Å². The van der Waals surface area contributed by atoms with Crippen LogP contribution < -0.4 is 15.5 Å². The summed E-state index contributed by atoms with van der Waals surface area (Å²) in [6.07, 6.45) is 0.440. The minimum Gasteiger partial charge on any atom is -0.480 e. The topological polar surface area (TPSA) is 116 Å². The zero-order chi connectivity index (χ0) is 22.5. The molecule has 3 N–H and O–H groups in total. The molecule has 2 aromatic rings. The Kier molecular flexibility index (Phi) is 6.69. The van der Waals surface area contributed by atoms with Crippen LogP contribution in [-0.4, -0.2) is 41.4 Å². The molecule has 1 aliphatic heterocycles. The van der Waals surface area contributed by atoms with Crippen LogP contribution in [0, 0.1) is 5.92 Å². The fraction of sp³-hybridized carbons (Fsp3) is 0.304. The van der Waals surface area contributed by atoms with Gasteiger partial charge in [-0.25, -0.2) is 4.79 Å². The molecule has 2 aromatic carbocycles. The molecule has 0 radical (unpaired) electrons. The van der Waals surface area contributed by atoms with Gasteiger partial charge in [-0.2, -0.15) is 0 Å². The highest BCUT2D eigenvalue weighted by molar-refractivity contribution is 6.11. The minimum absolute atomic E-state index is 0.0811. The second-order valence-electron chi connectivity index (χ2n) is 7.91. The molecular formula is C23H25N3O5. The highest BCUT2D eigenvalue weighted by Gasteiger charge is 2.28. The number of carbonyl (C=O) groups is 4. The van der Waals surface area contributed by atoms with Gasteiger partial charge in [-0.05, 0) is 29.7 Å². The van der Waals surface area contributed by atoms with Crippen molar-refractivity contribution in [2.75, 3.05) is 16.8 Å². The van der Waals surface area contributed by atoms with Crippen LogP contribution in [0.1, 0.15) is 36.2 Å². The molecule has 31 heavy (non-hydrogen) atoms. The van der Waals surface area contributed by atoms with E-state index >= 15 is 0 Å². The monoisotopic (exact) mass is 423 g/mol. The number of amides is 3. The maximum Gasteiger partial charge on any atom is 0.326 e. The van der Waals surface area contributed by atoms with Crippen molar-refractivity contribution in [3.63, 3.8) is 0 Å². The van der Waals surface area contributed by atoms with E-state index in [2.05, 4.69) is 10.6 Å². The maximum atomic E-state index is 12.7. The summed E-state index contributed by atoms with van der Waals surface area (Å²) < 4.78 is 0. The third-order valence-electron chi connectivity index (χ3n) is 4.90. The zero-order valence-corrected chi connectivity index (χ0v) is 17.4. The number of rotatable bonds is 7. The number of hydrogen-bond acceptors (Lipinski definition) is 4. The smallest absolute Gasteiger partial charge is 0.326 e. The van der Waals surface area contributed by atoms with E-state index in [4.69, 9.17) is 0 Å². The van der Waals surface area contributed by atoms with Crippen LogP contribution in [0.4, 0.5) is 11.4 Å². The SMILES string of the molecule is CC(C)CC(=O)N1CC(=O)Nc2cc(C(=O)NC(Cc3ccccc3)C(=O)O)ccc21. The number of carboxylic acids is 1. The normalized spacial score (nSPS) is 13.9. The van der Waals surface area contributed by atoms with Crippen molar-refractivity contribution in [1.82, 2.24) is 5.32 Å². The molecule has 8 heteroatoms. The van der Waals surface area contributed by atoms with Crippen molar-refractivity contribution in [2.24, 2.45) is 5.92 Å². The van der Waals surface area contributed by atoms with Crippen LogP contribution >= 0.6 is 0 Å². The first-order chi connectivity index (χ1) is 14.7. The number of nitrogens with zero attached hydrogens (tertiary/aromatic N) is 1. The lowest BCUT2D eigenvalue weighted by Crippen LogP contribution is -2.43. The first-order valence-corrected chi connectivity index (χ1v) is 10.1.